The Balaban J connectivity index is 3.82. The van der Waals surface area contributed by atoms with Crippen molar-refractivity contribution < 1.29 is 4.43 Å². The Morgan fingerprint density at radius 3 is 2.20 bits per heavy atom. The molecule has 0 fully saturated rings. The molecule has 1 unspecified atom stereocenters. The highest BCUT2D eigenvalue weighted by Crippen LogP contribution is 2.17. The zero-order valence-electron chi connectivity index (χ0n) is 7.35. The molecule has 0 aliphatic carbocycles. The van der Waals surface area contributed by atoms with E-state index in [9.17, 15) is 0 Å². The molecule has 0 heterocycles. The minimum atomic E-state index is -1.44. The Bertz CT molecular complexity index is 95.6. The van der Waals surface area contributed by atoms with Crippen molar-refractivity contribution in [2.75, 3.05) is 6.61 Å². The van der Waals surface area contributed by atoms with Gasteiger partial charge in [0.15, 0.2) is 8.32 Å². The van der Waals surface area contributed by atoms with E-state index < -0.39 is 8.32 Å². The van der Waals surface area contributed by atoms with Crippen LogP contribution in [0.1, 0.15) is 20.3 Å². The quantitative estimate of drug-likeness (QED) is 0.514. The fourth-order valence-electron chi connectivity index (χ4n) is 0.960. The molecule has 1 atom stereocenters. The molecular weight excluding hydrogens is 160 g/mol. The molecule has 1 nitrogen and oxygen atoms in total. The first-order valence-electron chi connectivity index (χ1n) is 3.86. The normalized spacial score (nSPS) is 15.3. The van der Waals surface area contributed by atoms with E-state index in [4.69, 9.17) is 4.43 Å². The van der Waals surface area contributed by atoms with E-state index in [2.05, 4.69) is 32.6 Å². The lowest BCUT2D eigenvalue weighted by atomic mass is 10.6. The zero-order chi connectivity index (χ0) is 8.20. The van der Waals surface area contributed by atoms with E-state index >= 15 is 0 Å². The molecule has 0 saturated carbocycles. The molecular formula is C7H18OSSi. The Morgan fingerprint density at radius 2 is 1.90 bits per heavy atom. The number of hydrogen-bond donors (Lipinski definition) is 1. The summed E-state index contributed by atoms with van der Waals surface area (Å²) in [5.74, 6) is 0. The number of rotatable bonds is 4. The van der Waals surface area contributed by atoms with Gasteiger partial charge in [-0.15, -0.1) is 0 Å². The fourth-order valence-corrected chi connectivity index (χ4v) is 3.10. The van der Waals surface area contributed by atoms with Gasteiger partial charge in [-0.05, 0) is 26.4 Å². The molecule has 0 aliphatic heterocycles. The number of hydrogen-bond acceptors (Lipinski definition) is 2. The summed E-state index contributed by atoms with van der Waals surface area (Å²) in [6, 6.07) is 0. The van der Waals surface area contributed by atoms with Gasteiger partial charge in [-0.25, -0.2) is 0 Å². The summed E-state index contributed by atoms with van der Waals surface area (Å²) < 4.78 is 5.64. The predicted molar refractivity (Wildman–Crippen MR) is 52.2 cm³/mol. The highest BCUT2D eigenvalue weighted by molar-refractivity contribution is 7.83. The molecule has 0 aromatic carbocycles. The zero-order valence-corrected chi connectivity index (χ0v) is 9.24. The van der Waals surface area contributed by atoms with Crippen LogP contribution in [0.2, 0.25) is 13.1 Å². The molecule has 0 rings (SSSR count). The SMILES string of the molecule is CCO[Si](C)(C)C(S)CC. The van der Waals surface area contributed by atoms with Crippen molar-refractivity contribution in [3.63, 3.8) is 0 Å². The van der Waals surface area contributed by atoms with Crippen molar-refractivity contribution in [2.45, 2.75) is 38.2 Å². The lowest BCUT2D eigenvalue weighted by molar-refractivity contribution is 0.327. The van der Waals surface area contributed by atoms with Gasteiger partial charge in [0.2, 0.25) is 0 Å². The second-order valence-electron chi connectivity index (χ2n) is 2.96. The van der Waals surface area contributed by atoms with Gasteiger partial charge in [0, 0.05) is 11.5 Å². The molecule has 0 saturated heterocycles. The summed E-state index contributed by atoms with van der Waals surface area (Å²) in [4.78, 5) is 0.479. The van der Waals surface area contributed by atoms with Crippen LogP contribution < -0.4 is 0 Å². The lowest BCUT2D eigenvalue weighted by Gasteiger charge is -2.27. The standard InChI is InChI=1S/C7H18OSSi/c1-5-7(9)10(3,4)8-6-2/h7,9H,5-6H2,1-4H3. The minimum Gasteiger partial charge on any atom is -0.417 e. The van der Waals surface area contributed by atoms with Gasteiger partial charge < -0.3 is 4.43 Å². The molecule has 0 aromatic heterocycles. The molecule has 0 aromatic rings. The first kappa shape index (κ1) is 10.5. The van der Waals surface area contributed by atoms with Crippen LogP contribution in [-0.2, 0) is 4.43 Å². The lowest BCUT2D eigenvalue weighted by Crippen LogP contribution is -2.41. The summed E-state index contributed by atoms with van der Waals surface area (Å²) in [5, 5.41) is 0. The minimum absolute atomic E-state index is 0.479. The largest absolute Gasteiger partial charge is 0.417 e. The number of thiol groups is 1. The smallest absolute Gasteiger partial charge is 0.199 e. The molecule has 0 spiro atoms. The second kappa shape index (κ2) is 4.41. The van der Waals surface area contributed by atoms with Crippen LogP contribution in [0.4, 0.5) is 0 Å². The Morgan fingerprint density at radius 1 is 1.40 bits per heavy atom. The molecule has 0 amide bonds. The maximum absolute atomic E-state index is 5.64. The third-order valence-electron chi connectivity index (χ3n) is 1.71. The second-order valence-corrected chi connectivity index (χ2v) is 8.26. The first-order valence-corrected chi connectivity index (χ1v) is 7.36. The van der Waals surface area contributed by atoms with Crippen molar-refractivity contribution >= 4 is 20.9 Å². The maximum Gasteiger partial charge on any atom is 0.199 e. The van der Waals surface area contributed by atoms with Crippen LogP contribution in [0.15, 0.2) is 0 Å². The summed E-state index contributed by atoms with van der Waals surface area (Å²) in [7, 11) is -1.44. The van der Waals surface area contributed by atoms with Crippen LogP contribution in [0.5, 0.6) is 0 Å². The molecule has 0 radical (unpaired) electrons. The molecule has 0 N–H and O–H groups in total. The van der Waals surface area contributed by atoms with E-state index in [0.717, 1.165) is 13.0 Å². The van der Waals surface area contributed by atoms with Gasteiger partial charge in [-0.3, -0.25) is 0 Å². The van der Waals surface area contributed by atoms with E-state index in [-0.39, 0.29) is 0 Å². The summed E-state index contributed by atoms with van der Waals surface area (Å²) >= 11 is 4.48. The van der Waals surface area contributed by atoms with Gasteiger partial charge in [0.05, 0.1) is 0 Å². The third-order valence-corrected chi connectivity index (χ3v) is 6.98. The van der Waals surface area contributed by atoms with Gasteiger partial charge in [0.25, 0.3) is 0 Å². The maximum atomic E-state index is 5.64. The van der Waals surface area contributed by atoms with Crippen LogP contribution >= 0.6 is 12.6 Å². The topological polar surface area (TPSA) is 9.23 Å². The molecule has 0 bridgehead atoms. The van der Waals surface area contributed by atoms with Crippen molar-refractivity contribution in [2.24, 2.45) is 0 Å². The molecule has 62 valence electrons. The summed E-state index contributed by atoms with van der Waals surface area (Å²) in [6.07, 6.45) is 1.11. The van der Waals surface area contributed by atoms with Gasteiger partial charge >= 0.3 is 0 Å². The summed E-state index contributed by atoms with van der Waals surface area (Å²) in [6.45, 7) is 9.47. The predicted octanol–water partition coefficient (Wildman–Crippen LogP) is 2.48. The van der Waals surface area contributed by atoms with Crippen LogP contribution in [0, 0.1) is 0 Å². The van der Waals surface area contributed by atoms with Gasteiger partial charge in [-0.1, -0.05) is 6.92 Å². The summed E-state index contributed by atoms with van der Waals surface area (Å²) in [5.41, 5.74) is 0. The molecule has 0 aliphatic rings. The highest BCUT2D eigenvalue weighted by atomic mass is 32.1. The van der Waals surface area contributed by atoms with Gasteiger partial charge in [-0.2, -0.15) is 12.6 Å². The van der Waals surface area contributed by atoms with Crippen molar-refractivity contribution in [3.05, 3.63) is 0 Å². The van der Waals surface area contributed by atoms with E-state index in [0.29, 0.717) is 4.87 Å². The monoisotopic (exact) mass is 178 g/mol. The van der Waals surface area contributed by atoms with Crippen molar-refractivity contribution in [1.29, 1.82) is 0 Å². The molecule has 10 heavy (non-hydrogen) atoms. The van der Waals surface area contributed by atoms with Crippen LogP contribution in [0.25, 0.3) is 0 Å². The average Bonchev–Trinajstić information content (AvgIpc) is 1.86. The molecule has 3 heteroatoms. The Labute approximate surface area is 70.7 Å². The van der Waals surface area contributed by atoms with Crippen LogP contribution in [0.3, 0.4) is 0 Å². The van der Waals surface area contributed by atoms with Crippen LogP contribution in [-0.4, -0.2) is 19.8 Å². The Kier molecular flexibility index (Phi) is 4.65. The Hall–Kier alpha value is 0.527. The van der Waals surface area contributed by atoms with Gasteiger partial charge in [0.1, 0.15) is 0 Å². The average molecular weight is 178 g/mol. The van der Waals surface area contributed by atoms with Crippen molar-refractivity contribution in [1.82, 2.24) is 0 Å². The third kappa shape index (κ3) is 3.08. The fraction of sp³-hybridized carbons (Fsp3) is 1.00. The first-order chi connectivity index (χ1) is 4.54. The van der Waals surface area contributed by atoms with Crippen molar-refractivity contribution in [3.8, 4) is 0 Å². The highest BCUT2D eigenvalue weighted by Gasteiger charge is 2.28. The van der Waals surface area contributed by atoms with E-state index in [1.165, 1.54) is 0 Å². The van der Waals surface area contributed by atoms with E-state index in [1.54, 1.807) is 0 Å². The van der Waals surface area contributed by atoms with E-state index in [1.807, 2.05) is 6.92 Å².